The van der Waals surface area contributed by atoms with Gasteiger partial charge < -0.3 is 4.55 Å². The van der Waals surface area contributed by atoms with E-state index in [0.29, 0.717) is 16.8 Å². The van der Waals surface area contributed by atoms with Crippen molar-refractivity contribution >= 4 is 22.0 Å². The molecule has 12 heteroatoms. The predicted molar refractivity (Wildman–Crippen MR) is 102 cm³/mol. The van der Waals surface area contributed by atoms with Gasteiger partial charge in [-0.15, -0.1) is 9.40 Å². The highest BCUT2D eigenvalue weighted by atomic mass is 35.5. The molecule has 30 heavy (non-hydrogen) atoms. The van der Waals surface area contributed by atoms with Gasteiger partial charge in [0.1, 0.15) is 6.54 Å². The molecule has 158 valence electrons. The van der Waals surface area contributed by atoms with Crippen molar-refractivity contribution in [3.63, 3.8) is 0 Å². The number of hydrogen-bond acceptors (Lipinski definition) is 4. The number of aromatic nitrogens is 3. The average molecular weight is 459 g/mol. The third kappa shape index (κ3) is 3.69. The van der Waals surface area contributed by atoms with Crippen molar-refractivity contribution in [3.8, 4) is 5.69 Å². The summed E-state index contributed by atoms with van der Waals surface area (Å²) in [5.74, 6) is 0.182. The number of alkyl halides is 3. The van der Waals surface area contributed by atoms with E-state index < -0.39 is 32.7 Å². The van der Waals surface area contributed by atoms with Crippen LogP contribution in [-0.4, -0.2) is 29.8 Å². The van der Waals surface area contributed by atoms with E-state index in [1.165, 1.54) is 4.57 Å². The lowest BCUT2D eigenvalue weighted by Gasteiger charge is -2.30. The lowest BCUT2D eigenvalue weighted by molar-refractivity contribution is -0.137. The first-order valence-electron chi connectivity index (χ1n) is 8.69. The lowest BCUT2D eigenvalue weighted by Crippen LogP contribution is -2.43. The quantitative estimate of drug-likeness (QED) is 0.564. The zero-order valence-electron chi connectivity index (χ0n) is 15.2. The highest BCUT2D eigenvalue weighted by molar-refractivity contribution is 7.95. The number of fused-ring (bicyclic) bond motifs is 1. The van der Waals surface area contributed by atoms with Gasteiger partial charge in [-0.05, 0) is 30.3 Å². The molecule has 1 aromatic heterocycles. The minimum absolute atomic E-state index is 0.0208. The second kappa shape index (κ2) is 7.34. The molecule has 0 bridgehead atoms. The fourth-order valence-electron chi connectivity index (χ4n) is 3.19. The van der Waals surface area contributed by atoms with E-state index in [9.17, 15) is 26.7 Å². The first-order valence-corrected chi connectivity index (χ1v) is 10.5. The Bertz CT molecular complexity index is 1220. The van der Waals surface area contributed by atoms with Crippen molar-refractivity contribution in [2.45, 2.75) is 24.2 Å². The molecule has 0 N–H and O–H groups in total. The summed E-state index contributed by atoms with van der Waals surface area (Å²) in [6.45, 7) is -0.305. The summed E-state index contributed by atoms with van der Waals surface area (Å²) in [5, 5.41) is 4.60. The Hall–Kier alpha value is -2.47. The van der Waals surface area contributed by atoms with Crippen LogP contribution in [0.1, 0.15) is 11.4 Å². The van der Waals surface area contributed by atoms with Gasteiger partial charge in [0.05, 0.1) is 17.8 Å². The van der Waals surface area contributed by atoms with Crippen LogP contribution in [0.2, 0.25) is 5.02 Å². The zero-order valence-corrected chi connectivity index (χ0v) is 16.7. The number of benzene rings is 2. The molecule has 0 saturated heterocycles. The molecule has 0 amide bonds. The van der Waals surface area contributed by atoms with Gasteiger partial charge in [0.2, 0.25) is 0 Å². The molecule has 7 nitrogen and oxygen atoms in total. The topological polar surface area (TPSA) is 83.2 Å². The number of sulfonamides is 1. The average Bonchev–Trinajstić information content (AvgIpc) is 3.03. The Morgan fingerprint density at radius 1 is 1.10 bits per heavy atom. The number of hydrogen-bond donors (Lipinski definition) is 0. The normalized spacial score (nSPS) is 16.8. The van der Waals surface area contributed by atoms with E-state index in [1.807, 2.05) is 0 Å². The molecule has 1 aliphatic rings. The van der Waals surface area contributed by atoms with Crippen molar-refractivity contribution in [2.24, 2.45) is 0 Å². The summed E-state index contributed by atoms with van der Waals surface area (Å²) in [7, 11) is -4.21. The van der Waals surface area contributed by atoms with Crippen LogP contribution in [0.4, 0.5) is 13.2 Å². The van der Waals surface area contributed by atoms with Gasteiger partial charge in [-0.3, -0.25) is 4.57 Å². The second-order valence-corrected chi connectivity index (χ2v) is 8.98. The van der Waals surface area contributed by atoms with E-state index in [2.05, 4.69) is 5.10 Å². The van der Waals surface area contributed by atoms with Gasteiger partial charge in [0, 0.05) is 17.6 Å². The minimum atomic E-state index is -4.66. The van der Waals surface area contributed by atoms with Gasteiger partial charge in [0.15, 0.2) is 21.1 Å². The summed E-state index contributed by atoms with van der Waals surface area (Å²) >= 11 is 5.95. The predicted octanol–water partition coefficient (Wildman–Crippen LogP) is 3.13. The molecular formula is C18H14ClF3N4O3S. The number of halogens is 4. The Balaban J connectivity index is 1.67. The molecule has 1 atom stereocenters. The fourth-order valence-corrected chi connectivity index (χ4v) is 4.81. The first kappa shape index (κ1) is 20.8. The van der Waals surface area contributed by atoms with Crippen LogP contribution < -0.4 is 5.69 Å². The molecule has 0 spiro atoms. The van der Waals surface area contributed by atoms with Crippen LogP contribution in [0.5, 0.6) is 0 Å². The van der Waals surface area contributed by atoms with Crippen LogP contribution in [-0.2, 0) is 33.9 Å². The van der Waals surface area contributed by atoms with Crippen LogP contribution in [0, 0.1) is 0 Å². The van der Waals surface area contributed by atoms with Gasteiger partial charge >= 0.3 is 11.9 Å². The van der Waals surface area contributed by atoms with E-state index in [1.54, 1.807) is 24.3 Å². The Kier molecular flexibility index (Phi) is 5.09. The van der Waals surface area contributed by atoms with E-state index in [0.717, 1.165) is 27.2 Å². The standard InChI is InChI=1S/C18H14ClF3N4O3S/c19-13-4-2-5-14(10-13)26-17(27)25-8-7-24(11-16(25)23-26)30(28,29)15-6-1-3-12(9-15)18(20,21)22/h1-6,9-10H,7-8,11H2. The maximum absolute atomic E-state index is 13.0. The van der Waals surface area contributed by atoms with Crippen LogP contribution in [0.25, 0.3) is 5.69 Å². The van der Waals surface area contributed by atoms with Crippen LogP contribution >= 0.6 is 11.6 Å². The summed E-state index contributed by atoms with van der Waals surface area (Å²) < 4.78 is 68.1. The smallest absolute Gasteiger partial charge is 0.416 e. The molecule has 0 radical (unpaired) electrons. The molecule has 1 aliphatic heterocycles. The third-order valence-electron chi connectivity index (χ3n) is 4.68. The van der Waals surface area contributed by atoms with E-state index >= 15 is 0 Å². The minimum Gasteiger partial charge on any atom is -0.593 e. The molecule has 1 unspecified atom stereocenters. The highest BCUT2D eigenvalue weighted by Gasteiger charge is 2.38. The van der Waals surface area contributed by atoms with Gasteiger partial charge in [-0.2, -0.15) is 17.9 Å². The van der Waals surface area contributed by atoms with E-state index in [4.69, 9.17) is 11.6 Å². The molecule has 2 aromatic carbocycles. The molecule has 0 fully saturated rings. The number of rotatable bonds is 3. The lowest BCUT2D eigenvalue weighted by atomic mass is 10.2. The summed E-state index contributed by atoms with van der Waals surface area (Å²) in [4.78, 5) is 12.2. The zero-order chi connectivity index (χ0) is 21.7. The summed E-state index contributed by atoms with van der Waals surface area (Å²) in [5.41, 5.74) is -1.09. The number of nitrogens with zero attached hydrogens (tertiary/aromatic N) is 4. The Morgan fingerprint density at radius 2 is 1.83 bits per heavy atom. The third-order valence-corrected chi connectivity index (χ3v) is 6.76. The SMILES string of the molecule is O=c1n(-c2cccc(Cl)c2)nc2n1CCN([S+](=O)([O-])c1cccc(C(F)(F)F)c1)C2. The fraction of sp³-hybridized carbons (Fsp3) is 0.222. The van der Waals surface area contributed by atoms with Gasteiger partial charge in [0.25, 0.3) is 0 Å². The summed E-state index contributed by atoms with van der Waals surface area (Å²) in [6.07, 6.45) is -4.66. The maximum atomic E-state index is 13.0. The van der Waals surface area contributed by atoms with E-state index in [-0.39, 0.29) is 25.5 Å². The first-order chi connectivity index (χ1) is 14.1. The summed E-state index contributed by atoms with van der Waals surface area (Å²) in [6, 6.07) is 10.0. The van der Waals surface area contributed by atoms with Crippen molar-refractivity contribution < 1.29 is 21.9 Å². The molecular weight excluding hydrogens is 445 g/mol. The largest absolute Gasteiger partial charge is 0.593 e. The van der Waals surface area contributed by atoms with Crippen molar-refractivity contribution in [1.29, 1.82) is 0 Å². The molecule has 0 saturated carbocycles. The van der Waals surface area contributed by atoms with Crippen LogP contribution in [0.15, 0.2) is 58.2 Å². The monoisotopic (exact) mass is 458 g/mol. The van der Waals surface area contributed by atoms with Crippen molar-refractivity contribution in [2.75, 3.05) is 6.54 Å². The van der Waals surface area contributed by atoms with Gasteiger partial charge in [-0.1, -0.05) is 27.9 Å². The highest BCUT2D eigenvalue weighted by Crippen LogP contribution is 2.33. The second-order valence-electron chi connectivity index (χ2n) is 6.61. The molecule has 0 aliphatic carbocycles. The Labute approximate surface area is 174 Å². The maximum Gasteiger partial charge on any atom is 0.416 e. The van der Waals surface area contributed by atoms with Crippen molar-refractivity contribution in [1.82, 2.24) is 18.7 Å². The Morgan fingerprint density at radius 3 is 2.53 bits per heavy atom. The molecule has 3 aromatic rings. The molecule has 2 heterocycles. The van der Waals surface area contributed by atoms with Gasteiger partial charge in [-0.25, -0.2) is 4.79 Å². The van der Waals surface area contributed by atoms with Crippen molar-refractivity contribution in [3.05, 3.63) is 75.4 Å². The van der Waals surface area contributed by atoms with Crippen LogP contribution in [0.3, 0.4) is 0 Å². The molecule has 4 rings (SSSR count).